The Balaban J connectivity index is 1.81. The molecular weight excluding hydrogens is 370 g/mol. The van der Waals surface area contributed by atoms with Crippen LogP contribution in [0.4, 0.5) is 5.69 Å². The number of amides is 1. The summed E-state index contributed by atoms with van der Waals surface area (Å²) in [5.41, 5.74) is 0.995. The van der Waals surface area contributed by atoms with Crippen LogP contribution in [-0.2, 0) is 10.0 Å². The van der Waals surface area contributed by atoms with Crippen molar-refractivity contribution >= 4 is 38.5 Å². The summed E-state index contributed by atoms with van der Waals surface area (Å²) < 4.78 is 27.2. The average molecular weight is 390 g/mol. The number of amidine groups is 1. The Morgan fingerprint density at radius 3 is 2.42 bits per heavy atom. The van der Waals surface area contributed by atoms with Gasteiger partial charge < -0.3 is 5.32 Å². The van der Waals surface area contributed by atoms with Crippen LogP contribution in [0, 0.1) is 0 Å². The highest BCUT2D eigenvalue weighted by atomic mass is 32.2. The van der Waals surface area contributed by atoms with Crippen molar-refractivity contribution in [3.63, 3.8) is 0 Å². The minimum Gasteiger partial charge on any atom is -0.301 e. The van der Waals surface area contributed by atoms with Gasteiger partial charge in [0, 0.05) is 17.9 Å². The van der Waals surface area contributed by atoms with Crippen LogP contribution in [0.5, 0.6) is 0 Å². The molecular formula is C18H19N3O3S2. The Bertz CT molecular complexity index is 910. The molecule has 1 aliphatic heterocycles. The molecule has 3 rings (SSSR count). The largest absolute Gasteiger partial charge is 0.301 e. The molecule has 0 radical (unpaired) electrons. The Hall–Kier alpha value is -2.32. The Labute approximate surface area is 157 Å². The zero-order chi connectivity index (χ0) is 18.6. The van der Waals surface area contributed by atoms with Gasteiger partial charge in [0.25, 0.3) is 15.9 Å². The number of para-hydroxylation sites is 1. The van der Waals surface area contributed by atoms with E-state index in [1.165, 1.54) is 40.3 Å². The van der Waals surface area contributed by atoms with E-state index in [0.717, 1.165) is 5.75 Å². The molecule has 0 fully saturated rings. The summed E-state index contributed by atoms with van der Waals surface area (Å²) in [4.78, 5) is 16.5. The number of carbonyl (C=O) groups excluding carboxylic acids is 1. The monoisotopic (exact) mass is 389 g/mol. The molecule has 2 aromatic rings. The van der Waals surface area contributed by atoms with Gasteiger partial charge in [0.1, 0.15) is 0 Å². The Morgan fingerprint density at radius 2 is 1.85 bits per heavy atom. The number of carbonyl (C=O) groups is 1. The summed E-state index contributed by atoms with van der Waals surface area (Å²) >= 11 is 1.49. The molecule has 2 aromatic carbocycles. The van der Waals surface area contributed by atoms with Crippen LogP contribution in [0.1, 0.15) is 17.3 Å². The highest BCUT2D eigenvalue weighted by Gasteiger charge is 2.23. The van der Waals surface area contributed by atoms with E-state index in [1.807, 2.05) is 6.07 Å². The number of rotatable bonds is 5. The normalized spacial score (nSPS) is 14.0. The summed E-state index contributed by atoms with van der Waals surface area (Å²) in [5.74, 6) is 0.566. The summed E-state index contributed by atoms with van der Waals surface area (Å²) in [6.07, 6.45) is 0. The molecule has 0 aliphatic carbocycles. The van der Waals surface area contributed by atoms with Gasteiger partial charge in [-0.2, -0.15) is 0 Å². The SMILES string of the molecule is CCN(c1ccccc1)S(=O)(=O)c1ccc(C(=O)NC2=NCCS2)cc1. The molecule has 6 nitrogen and oxygen atoms in total. The summed E-state index contributed by atoms with van der Waals surface area (Å²) in [7, 11) is -3.70. The molecule has 0 unspecified atom stereocenters. The van der Waals surface area contributed by atoms with Crippen LogP contribution >= 0.6 is 11.8 Å². The fraction of sp³-hybridized carbons (Fsp3) is 0.222. The van der Waals surface area contributed by atoms with E-state index in [-0.39, 0.29) is 10.8 Å². The van der Waals surface area contributed by atoms with Gasteiger partial charge in [0.2, 0.25) is 0 Å². The summed E-state index contributed by atoms with van der Waals surface area (Å²) in [6, 6.07) is 14.9. The van der Waals surface area contributed by atoms with Gasteiger partial charge in [0.05, 0.1) is 17.1 Å². The number of sulfonamides is 1. The molecule has 1 heterocycles. The maximum absolute atomic E-state index is 12.9. The Kier molecular flexibility index (Phi) is 5.63. The van der Waals surface area contributed by atoms with E-state index in [0.29, 0.717) is 29.5 Å². The fourth-order valence-electron chi connectivity index (χ4n) is 2.57. The van der Waals surface area contributed by atoms with E-state index in [4.69, 9.17) is 0 Å². The number of aliphatic imine (C=N–C) groups is 1. The standard InChI is InChI=1S/C18H19N3O3S2/c1-2-21(15-6-4-3-5-7-15)26(23,24)16-10-8-14(9-11-16)17(22)20-18-19-12-13-25-18/h3-11H,2,12-13H2,1H3,(H,19,20,22). The number of nitrogens with one attached hydrogen (secondary N) is 1. The van der Waals surface area contributed by atoms with Crippen molar-refractivity contribution in [2.45, 2.75) is 11.8 Å². The van der Waals surface area contributed by atoms with Crippen LogP contribution < -0.4 is 9.62 Å². The number of anilines is 1. The zero-order valence-electron chi connectivity index (χ0n) is 14.3. The number of hydrogen-bond acceptors (Lipinski definition) is 5. The van der Waals surface area contributed by atoms with Gasteiger partial charge in [-0.3, -0.25) is 14.1 Å². The molecule has 26 heavy (non-hydrogen) atoms. The second-order valence-electron chi connectivity index (χ2n) is 5.52. The third-order valence-electron chi connectivity index (χ3n) is 3.84. The first-order chi connectivity index (χ1) is 12.5. The average Bonchev–Trinajstić information content (AvgIpc) is 3.16. The van der Waals surface area contributed by atoms with Crippen LogP contribution in [-0.4, -0.2) is 38.3 Å². The molecule has 0 bridgehead atoms. The van der Waals surface area contributed by atoms with Crippen molar-refractivity contribution in [1.29, 1.82) is 0 Å². The van der Waals surface area contributed by atoms with Gasteiger partial charge in [-0.25, -0.2) is 8.42 Å². The summed E-state index contributed by atoms with van der Waals surface area (Å²) in [5, 5.41) is 3.33. The molecule has 136 valence electrons. The van der Waals surface area contributed by atoms with Gasteiger partial charge in [-0.15, -0.1) is 0 Å². The van der Waals surface area contributed by atoms with Crippen molar-refractivity contribution in [3.05, 3.63) is 60.2 Å². The van der Waals surface area contributed by atoms with Gasteiger partial charge >= 0.3 is 0 Å². The lowest BCUT2D eigenvalue weighted by Crippen LogP contribution is -2.31. The summed E-state index contributed by atoms with van der Waals surface area (Å²) in [6.45, 7) is 2.79. The van der Waals surface area contributed by atoms with Crippen molar-refractivity contribution in [1.82, 2.24) is 5.32 Å². The predicted octanol–water partition coefficient (Wildman–Crippen LogP) is 2.73. The molecule has 0 saturated heterocycles. The Morgan fingerprint density at radius 1 is 1.15 bits per heavy atom. The molecule has 1 amide bonds. The molecule has 1 N–H and O–H groups in total. The molecule has 0 saturated carbocycles. The van der Waals surface area contributed by atoms with Crippen molar-refractivity contribution in [2.75, 3.05) is 23.1 Å². The quantitative estimate of drug-likeness (QED) is 0.853. The van der Waals surface area contributed by atoms with Crippen molar-refractivity contribution in [3.8, 4) is 0 Å². The van der Waals surface area contributed by atoms with Gasteiger partial charge in [-0.1, -0.05) is 30.0 Å². The lowest BCUT2D eigenvalue weighted by atomic mass is 10.2. The van der Waals surface area contributed by atoms with Gasteiger partial charge in [-0.05, 0) is 43.3 Å². The van der Waals surface area contributed by atoms with Crippen LogP contribution in [0.2, 0.25) is 0 Å². The molecule has 1 aliphatic rings. The second-order valence-corrected chi connectivity index (χ2v) is 8.47. The highest BCUT2D eigenvalue weighted by molar-refractivity contribution is 8.14. The minimum absolute atomic E-state index is 0.146. The second kappa shape index (κ2) is 7.92. The first kappa shape index (κ1) is 18.5. The lowest BCUT2D eigenvalue weighted by molar-refractivity contribution is 0.0978. The van der Waals surface area contributed by atoms with E-state index < -0.39 is 10.0 Å². The maximum Gasteiger partial charge on any atom is 0.264 e. The number of thioether (sulfide) groups is 1. The number of nitrogens with zero attached hydrogens (tertiary/aromatic N) is 2. The third-order valence-corrected chi connectivity index (χ3v) is 6.65. The lowest BCUT2D eigenvalue weighted by Gasteiger charge is -2.23. The third kappa shape index (κ3) is 3.91. The first-order valence-electron chi connectivity index (χ1n) is 8.19. The molecule has 0 spiro atoms. The van der Waals surface area contributed by atoms with E-state index >= 15 is 0 Å². The fourth-order valence-corrected chi connectivity index (χ4v) is 4.77. The van der Waals surface area contributed by atoms with Crippen LogP contribution in [0.25, 0.3) is 0 Å². The zero-order valence-corrected chi connectivity index (χ0v) is 15.9. The van der Waals surface area contributed by atoms with Crippen molar-refractivity contribution < 1.29 is 13.2 Å². The minimum atomic E-state index is -3.70. The molecule has 0 atom stereocenters. The smallest absolute Gasteiger partial charge is 0.264 e. The first-order valence-corrected chi connectivity index (χ1v) is 10.6. The van der Waals surface area contributed by atoms with Crippen LogP contribution in [0.15, 0.2) is 64.5 Å². The predicted molar refractivity (Wildman–Crippen MR) is 105 cm³/mol. The van der Waals surface area contributed by atoms with Gasteiger partial charge in [0.15, 0.2) is 5.17 Å². The topological polar surface area (TPSA) is 78.8 Å². The van der Waals surface area contributed by atoms with E-state index in [2.05, 4.69) is 10.3 Å². The van der Waals surface area contributed by atoms with Crippen LogP contribution in [0.3, 0.4) is 0 Å². The van der Waals surface area contributed by atoms with E-state index in [1.54, 1.807) is 31.2 Å². The number of benzene rings is 2. The van der Waals surface area contributed by atoms with E-state index in [9.17, 15) is 13.2 Å². The molecule has 0 aromatic heterocycles. The highest BCUT2D eigenvalue weighted by Crippen LogP contribution is 2.23. The van der Waals surface area contributed by atoms with Crippen molar-refractivity contribution in [2.24, 2.45) is 4.99 Å². The number of hydrogen-bond donors (Lipinski definition) is 1. The maximum atomic E-state index is 12.9. The molecule has 8 heteroatoms.